The van der Waals surface area contributed by atoms with Gasteiger partial charge in [0.05, 0.1) is 11.9 Å². The van der Waals surface area contributed by atoms with E-state index in [2.05, 4.69) is 9.97 Å². The molecule has 17 heavy (non-hydrogen) atoms. The maximum absolute atomic E-state index is 5.63. The summed E-state index contributed by atoms with van der Waals surface area (Å²) in [6, 6.07) is 7.84. The topological polar surface area (TPSA) is 61.0 Å². The van der Waals surface area contributed by atoms with Gasteiger partial charge in [0.2, 0.25) is 5.88 Å². The minimum atomic E-state index is 0.509. The van der Waals surface area contributed by atoms with Gasteiger partial charge in [0, 0.05) is 6.20 Å². The average Bonchev–Trinajstić information content (AvgIpc) is 2.30. The van der Waals surface area contributed by atoms with Crippen LogP contribution in [0, 0.1) is 6.92 Å². The van der Waals surface area contributed by atoms with Gasteiger partial charge in [-0.25, -0.2) is 4.98 Å². The van der Waals surface area contributed by atoms with Crippen molar-refractivity contribution in [1.82, 2.24) is 9.97 Å². The van der Waals surface area contributed by atoms with E-state index in [1.165, 1.54) is 0 Å². The quantitative estimate of drug-likeness (QED) is 0.872. The van der Waals surface area contributed by atoms with Crippen molar-refractivity contribution < 1.29 is 4.74 Å². The molecule has 2 aromatic rings. The van der Waals surface area contributed by atoms with Crippen LogP contribution in [0.4, 0.5) is 0 Å². The second kappa shape index (κ2) is 5.41. The molecule has 2 N–H and O–H groups in total. The van der Waals surface area contributed by atoms with E-state index in [-0.39, 0.29) is 0 Å². The molecule has 0 amide bonds. The Morgan fingerprint density at radius 1 is 1.29 bits per heavy atom. The fourth-order valence-electron chi connectivity index (χ4n) is 1.54. The molecule has 0 spiro atoms. The largest absolute Gasteiger partial charge is 0.437 e. The van der Waals surface area contributed by atoms with E-state index in [4.69, 9.17) is 10.5 Å². The van der Waals surface area contributed by atoms with Crippen molar-refractivity contribution in [2.75, 3.05) is 6.54 Å². The van der Waals surface area contributed by atoms with E-state index in [0.717, 1.165) is 23.4 Å². The van der Waals surface area contributed by atoms with Crippen molar-refractivity contribution in [3.8, 4) is 11.6 Å². The highest BCUT2D eigenvalue weighted by Gasteiger charge is 2.00. The third kappa shape index (κ3) is 3.26. The standard InChI is InChI=1S/C13H15N3O/c1-10-8-15-9-13(16-10)17-12-4-2-3-11(7-12)5-6-14/h2-4,7-9H,5-6,14H2,1H3. The van der Waals surface area contributed by atoms with Gasteiger partial charge in [-0.15, -0.1) is 0 Å². The van der Waals surface area contributed by atoms with Crippen molar-refractivity contribution in [1.29, 1.82) is 0 Å². The Morgan fingerprint density at radius 2 is 2.18 bits per heavy atom. The van der Waals surface area contributed by atoms with Crippen LogP contribution in [0.5, 0.6) is 11.6 Å². The Morgan fingerprint density at radius 3 is 2.94 bits per heavy atom. The van der Waals surface area contributed by atoms with E-state index in [9.17, 15) is 0 Å². The molecule has 0 aliphatic rings. The smallest absolute Gasteiger partial charge is 0.238 e. The van der Waals surface area contributed by atoms with Crippen LogP contribution in [0.1, 0.15) is 11.3 Å². The van der Waals surface area contributed by atoms with Crippen LogP contribution in [0.2, 0.25) is 0 Å². The number of aryl methyl sites for hydroxylation is 1. The van der Waals surface area contributed by atoms with E-state index in [0.29, 0.717) is 12.4 Å². The van der Waals surface area contributed by atoms with Crippen LogP contribution in [0.25, 0.3) is 0 Å². The van der Waals surface area contributed by atoms with Crippen LogP contribution < -0.4 is 10.5 Å². The molecule has 1 aromatic carbocycles. The lowest BCUT2D eigenvalue weighted by Gasteiger charge is -2.06. The number of ether oxygens (including phenoxy) is 1. The van der Waals surface area contributed by atoms with Crippen LogP contribution in [0.15, 0.2) is 36.7 Å². The van der Waals surface area contributed by atoms with Gasteiger partial charge >= 0.3 is 0 Å². The number of benzene rings is 1. The fraction of sp³-hybridized carbons (Fsp3) is 0.231. The van der Waals surface area contributed by atoms with Crippen LogP contribution in [0.3, 0.4) is 0 Å². The summed E-state index contributed by atoms with van der Waals surface area (Å²) in [5.74, 6) is 1.27. The van der Waals surface area contributed by atoms with Gasteiger partial charge in [0.25, 0.3) is 0 Å². The molecule has 0 fully saturated rings. The number of rotatable bonds is 4. The molecule has 0 saturated heterocycles. The van der Waals surface area contributed by atoms with Crippen molar-refractivity contribution in [3.05, 3.63) is 47.9 Å². The maximum Gasteiger partial charge on any atom is 0.238 e. The highest BCUT2D eigenvalue weighted by molar-refractivity contribution is 5.31. The summed E-state index contributed by atoms with van der Waals surface area (Å²) >= 11 is 0. The average molecular weight is 229 g/mol. The second-order valence-corrected chi connectivity index (χ2v) is 3.79. The predicted molar refractivity (Wildman–Crippen MR) is 66.0 cm³/mol. The molecule has 0 aliphatic carbocycles. The highest BCUT2D eigenvalue weighted by Crippen LogP contribution is 2.20. The second-order valence-electron chi connectivity index (χ2n) is 3.79. The van der Waals surface area contributed by atoms with Crippen molar-refractivity contribution >= 4 is 0 Å². The van der Waals surface area contributed by atoms with Gasteiger partial charge in [-0.1, -0.05) is 12.1 Å². The summed E-state index contributed by atoms with van der Waals surface area (Å²) in [6.45, 7) is 2.51. The van der Waals surface area contributed by atoms with E-state index >= 15 is 0 Å². The molecular weight excluding hydrogens is 214 g/mol. The van der Waals surface area contributed by atoms with Gasteiger partial charge in [-0.2, -0.15) is 0 Å². The van der Waals surface area contributed by atoms with Crippen LogP contribution in [-0.4, -0.2) is 16.5 Å². The van der Waals surface area contributed by atoms with Crippen molar-refractivity contribution in [2.45, 2.75) is 13.3 Å². The van der Waals surface area contributed by atoms with Crippen LogP contribution in [-0.2, 0) is 6.42 Å². The lowest BCUT2D eigenvalue weighted by molar-refractivity contribution is 0.458. The summed E-state index contributed by atoms with van der Waals surface area (Å²) in [4.78, 5) is 8.27. The molecule has 88 valence electrons. The molecule has 0 bridgehead atoms. The first kappa shape index (κ1) is 11.5. The number of hydrogen-bond donors (Lipinski definition) is 1. The number of hydrogen-bond acceptors (Lipinski definition) is 4. The third-order valence-electron chi connectivity index (χ3n) is 2.29. The van der Waals surface area contributed by atoms with Gasteiger partial charge in [0.15, 0.2) is 0 Å². The Bertz CT molecular complexity index is 500. The first-order valence-electron chi connectivity index (χ1n) is 5.53. The zero-order chi connectivity index (χ0) is 12.1. The van der Waals surface area contributed by atoms with E-state index < -0.39 is 0 Å². The number of nitrogens with two attached hydrogens (primary N) is 1. The predicted octanol–water partition coefficient (Wildman–Crippen LogP) is 2.08. The number of aromatic nitrogens is 2. The van der Waals surface area contributed by atoms with Crippen molar-refractivity contribution in [3.63, 3.8) is 0 Å². The molecule has 4 nitrogen and oxygen atoms in total. The van der Waals surface area contributed by atoms with Crippen LogP contribution >= 0.6 is 0 Å². The number of nitrogens with zero attached hydrogens (tertiary/aromatic N) is 2. The summed E-state index contributed by atoms with van der Waals surface area (Å²) in [6.07, 6.45) is 4.14. The molecule has 0 atom stereocenters. The highest BCUT2D eigenvalue weighted by atomic mass is 16.5. The molecular formula is C13H15N3O. The molecule has 1 aromatic heterocycles. The molecule has 0 unspecified atom stereocenters. The Hall–Kier alpha value is -1.94. The zero-order valence-electron chi connectivity index (χ0n) is 9.76. The van der Waals surface area contributed by atoms with Gasteiger partial charge < -0.3 is 10.5 Å². The summed E-state index contributed by atoms with van der Waals surface area (Å²) < 4.78 is 5.63. The first-order chi connectivity index (χ1) is 8.28. The monoisotopic (exact) mass is 229 g/mol. The first-order valence-corrected chi connectivity index (χ1v) is 5.53. The maximum atomic E-state index is 5.63. The van der Waals surface area contributed by atoms with Gasteiger partial charge in [0.1, 0.15) is 5.75 Å². The molecule has 2 rings (SSSR count). The molecule has 0 saturated carbocycles. The fourth-order valence-corrected chi connectivity index (χ4v) is 1.54. The minimum absolute atomic E-state index is 0.509. The van der Waals surface area contributed by atoms with E-state index in [1.54, 1.807) is 12.4 Å². The van der Waals surface area contributed by atoms with Crippen molar-refractivity contribution in [2.24, 2.45) is 5.73 Å². The minimum Gasteiger partial charge on any atom is -0.437 e. The molecule has 1 heterocycles. The molecule has 0 aliphatic heterocycles. The Kier molecular flexibility index (Phi) is 3.67. The Labute approximate surface area is 100 Å². The lowest BCUT2D eigenvalue weighted by Crippen LogP contribution is -2.02. The molecule has 4 heteroatoms. The summed E-state index contributed by atoms with van der Waals surface area (Å²) in [5.41, 5.74) is 7.51. The molecule has 0 radical (unpaired) electrons. The van der Waals surface area contributed by atoms with Gasteiger partial charge in [-0.3, -0.25) is 4.98 Å². The van der Waals surface area contributed by atoms with E-state index in [1.807, 2.05) is 31.2 Å². The zero-order valence-corrected chi connectivity index (χ0v) is 9.76. The normalized spacial score (nSPS) is 10.2. The van der Waals surface area contributed by atoms with Gasteiger partial charge in [-0.05, 0) is 37.6 Å². The summed E-state index contributed by atoms with van der Waals surface area (Å²) in [5, 5.41) is 0. The Balaban J connectivity index is 2.15. The summed E-state index contributed by atoms with van der Waals surface area (Å²) in [7, 11) is 0. The lowest BCUT2D eigenvalue weighted by atomic mass is 10.1. The third-order valence-corrected chi connectivity index (χ3v) is 2.29. The SMILES string of the molecule is Cc1cncc(Oc2cccc(CCN)c2)n1.